The van der Waals surface area contributed by atoms with Gasteiger partial charge in [0.1, 0.15) is 6.04 Å². The fourth-order valence-electron chi connectivity index (χ4n) is 2.64. The van der Waals surface area contributed by atoms with Crippen LogP contribution in [0.5, 0.6) is 0 Å². The molecule has 0 spiro atoms. The normalized spacial score (nSPS) is 12.3. The first-order valence-electron chi connectivity index (χ1n) is 7.99. The SMILES string of the molecule is CCc1ccc2nc(C)cc(C(=O)N[C@H](C)c3nnc(C)o3)c2c1. The number of carbonyl (C=O) groups is 1. The molecular weight excluding hydrogens is 304 g/mol. The lowest BCUT2D eigenvalue weighted by molar-refractivity contribution is 0.0935. The zero-order chi connectivity index (χ0) is 17.3. The Bertz CT molecular complexity index is 901. The molecule has 0 saturated carbocycles. The number of carbonyl (C=O) groups excluding carboxylic acids is 1. The van der Waals surface area contributed by atoms with Crippen LogP contribution >= 0.6 is 0 Å². The molecule has 0 bridgehead atoms. The van der Waals surface area contributed by atoms with E-state index in [1.165, 1.54) is 5.56 Å². The zero-order valence-electron chi connectivity index (χ0n) is 14.3. The summed E-state index contributed by atoms with van der Waals surface area (Å²) < 4.78 is 5.38. The average molecular weight is 324 g/mol. The number of nitrogens with zero attached hydrogens (tertiary/aromatic N) is 3. The van der Waals surface area contributed by atoms with Crippen LogP contribution in [-0.4, -0.2) is 21.1 Å². The Labute approximate surface area is 140 Å². The van der Waals surface area contributed by atoms with Crippen molar-refractivity contribution in [2.45, 2.75) is 40.2 Å². The average Bonchev–Trinajstić information content (AvgIpc) is 3.00. The number of pyridine rings is 1. The van der Waals surface area contributed by atoms with Gasteiger partial charge in [-0.05, 0) is 44.0 Å². The van der Waals surface area contributed by atoms with Crippen LogP contribution in [0.1, 0.15) is 53.3 Å². The highest BCUT2D eigenvalue weighted by molar-refractivity contribution is 6.06. The van der Waals surface area contributed by atoms with E-state index in [0.29, 0.717) is 17.3 Å². The number of hydrogen-bond donors (Lipinski definition) is 1. The predicted molar refractivity (Wildman–Crippen MR) is 90.8 cm³/mol. The lowest BCUT2D eigenvalue weighted by atomic mass is 10.0. The third kappa shape index (κ3) is 3.13. The molecule has 6 nitrogen and oxygen atoms in total. The summed E-state index contributed by atoms with van der Waals surface area (Å²) in [6.07, 6.45) is 0.905. The maximum atomic E-state index is 12.8. The summed E-state index contributed by atoms with van der Waals surface area (Å²) in [5, 5.41) is 11.5. The van der Waals surface area contributed by atoms with Crippen LogP contribution in [0.25, 0.3) is 10.9 Å². The highest BCUT2D eigenvalue weighted by Crippen LogP contribution is 2.21. The second kappa shape index (κ2) is 6.39. The first kappa shape index (κ1) is 16.1. The van der Waals surface area contributed by atoms with E-state index < -0.39 is 0 Å². The van der Waals surface area contributed by atoms with Crippen molar-refractivity contribution < 1.29 is 9.21 Å². The second-order valence-corrected chi connectivity index (χ2v) is 5.87. The van der Waals surface area contributed by atoms with Gasteiger partial charge in [-0.15, -0.1) is 10.2 Å². The molecule has 3 aromatic rings. The Balaban J connectivity index is 1.96. The number of nitrogens with one attached hydrogen (secondary N) is 1. The van der Waals surface area contributed by atoms with Crippen LogP contribution in [0.3, 0.4) is 0 Å². The predicted octanol–water partition coefficient (Wildman–Crippen LogP) is 3.29. The van der Waals surface area contributed by atoms with Gasteiger partial charge in [0.25, 0.3) is 5.91 Å². The minimum absolute atomic E-state index is 0.179. The third-order valence-electron chi connectivity index (χ3n) is 3.91. The molecule has 1 atom stereocenters. The van der Waals surface area contributed by atoms with Gasteiger partial charge in [-0.1, -0.05) is 13.0 Å². The number of aromatic nitrogens is 3. The van der Waals surface area contributed by atoms with Crippen LogP contribution in [0.4, 0.5) is 0 Å². The van der Waals surface area contributed by atoms with Gasteiger partial charge >= 0.3 is 0 Å². The van der Waals surface area contributed by atoms with E-state index in [-0.39, 0.29) is 11.9 Å². The molecule has 1 amide bonds. The van der Waals surface area contributed by atoms with Gasteiger partial charge in [-0.25, -0.2) is 0 Å². The van der Waals surface area contributed by atoms with Crippen molar-refractivity contribution in [1.82, 2.24) is 20.5 Å². The smallest absolute Gasteiger partial charge is 0.252 e. The molecule has 2 aromatic heterocycles. The number of fused-ring (bicyclic) bond motifs is 1. The molecule has 0 aliphatic rings. The maximum absolute atomic E-state index is 12.8. The van der Waals surface area contributed by atoms with Crippen LogP contribution < -0.4 is 5.32 Å². The topological polar surface area (TPSA) is 80.9 Å². The molecule has 1 aromatic carbocycles. The van der Waals surface area contributed by atoms with E-state index in [1.54, 1.807) is 6.92 Å². The molecule has 0 saturated heterocycles. The van der Waals surface area contributed by atoms with Crippen molar-refractivity contribution in [3.05, 3.63) is 52.9 Å². The van der Waals surface area contributed by atoms with Crippen LogP contribution in [-0.2, 0) is 6.42 Å². The second-order valence-electron chi connectivity index (χ2n) is 5.87. The fraction of sp³-hybridized carbons (Fsp3) is 0.333. The van der Waals surface area contributed by atoms with E-state index in [1.807, 2.05) is 38.1 Å². The molecule has 3 rings (SSSR count). The monoisotopic (exact) mass is 324 g/mol. The lowest BCUT2D eigenvalue weighted by Gasteiger charge is -2.13. The van der Waals surface area contributed by atoms with Gasteiger partial charge in [0.05, 0.1) is 11.1 Å². The Morgan fingerprint density at radius 2 is 2.04 bits per heavy atom. The van der Waals surface area contributed by atoms with Gasteiger partial charge in [-0.3, -0.25) is 9.78 Å². The summed E-state index contributed by atoms with van der Waals surface area (Å²) in [5.41, 5.74) is 3.40. The summed E-state index contributed by atoms with van der Waals surface area (Å²) >= 11 is 0. The quantitative estimate of drug-likeness (QED) is 0.796. The van der Waals surface area contributed by atoms with Crippen molar-refractivity contribution in [3.8, 4) is 0 Å². The summed E-state index contributed by atoms with van der Waals surface area (Å²) in [6.45, 7) is 7.51. The minimum Gasteiger partial charge on any atom is -0.423 e. The standard InChI is InChI=1S/C18H20N4O2/c1-5-13-6-7-16-14(9-13)15(8-10(2)19-16)17(23)20-11(3)18-22-21-12(4)24-18/h6-9,11H,5H2,1-4H3,(H,20,23)/t11-/m1/s1. The summed E-state index contributed by atoms with van der Waals surface area (Å²) in [5.74, 6) is 0.691. The first-order chi connectivity index (χ1) is 11.5. The molecule has 0 aliphatic carbocycles. The van der Waals surface area contributed by atoms with E-state index in [9.17, 15) is 4.79 Å². The van der Waals surface area contributed by atoms with Gasteiger partial charge in [0.2, 0.25) is 11.8 Å². The summed E-state index contributed by atoms with van der Waals surface area (Å²) in [7, 11) is 0. The Morgan fingerprint density at radius 1 is 1.25 bits per heavy atom. The minimum atomic E-state index is -0.364. The van der Waals surface area contributed by atoms with E-state index >= 15 is 0 Å². The van der Waals surface area contributed by atoms with Gasteiger partial charge in [0.15, 0.2) is 0 Å². The first-order valence-corrected chi connectivity index (χ1v) is 7.99. The number of aryl methyl sites for hydroxylation is 3. The molecule has 6 heteroatoms. The number of benzene rings is 1. The fourth-order valence-corrected chi connectivity index (χ4v) is 2.64. The van der Waals surface area contributed by atoms with Crippen LogP contribution in [0.15, 0.2) is 28.7 Å². The molecule has 0 radical (unpaired) electrons. The van der Waals surface area contributed by atoms with Crippen molar-refractivity contribution in [1.29, 1.82) is 0 Å². The molecule has 24 heavy (non-hydrogen) atoms. The molecule has 0 aliphatic heterocycles. The van der Waals surface area contributed by atoms with Gasteiger partial charge in [0, 0.05) is 18.0 Å². The molecule has 0 fully saturated rings. The number of amides is 1. The molecular formula is C18H20N4O2. The molecule has 2 heterocycles. The van der Waals surface area contributed by atoms with Crippen molar-refractivity contribution in [2.24, 2.45) is 0 Å². The largest absolute Gasteiger partial charge is 0.423 e. The summed E-state index contributed by atoms with van der Waals surface area (Å²) in [6, 6.07) is 7.47. The van der Waals surface area contributed by atoms with E-state index in [4.69, 9.17) is 4.42 Å². The van der Waals surface area contributed by atoms with E-state index in [0.717, 1.165) is 23.0 Å². The summed E-state index contributed by atoms with van der Waals surface area (Å²) in [4.78, 5) is 17.3. The van der Waals surface area contributed by atoms with E-state index in [2.05, 4.69) is 27.4 Å². The van der Waals surface area contributed by atoms with Crippen molar-refractivity contribution >= 4 is 16.8 Å². The van der Waals surface area contributed by atoms with Gasteiger partial charge < -0.3 is 9.73 Å². The number of rotatable bonds is 4. The Kier molecular flexibility index (Phi) is 4.29. The highest BCUT2D eigenvalue weighted by Gasteiger charge is 2.18. The number of hydrogen-bond acceptors (Lipinski definition) is 5. The maximum Gasteiger partial charge on any atom is 0.252 e. The lowest BCUT2D eigenvalue weighted by Crippen LogP contribution is -2.27. The highest BCUT2D eigenvalue weighted by atomic mass is 16.4. The van der Waals surface area contributed by atoms with Crippen LogP contribution in [0, 0.1) is 13.8 Å². The molecule has 0 unspecified atom stereocenters. The van der Waals surface area contributed by atoms with Gasteiger partial charge in [-0.2, -0.15) is 0 Å². The Morgan fingerprint density at radius 3 is 2.71 bits per heavy atom. The third-order valence-corrected chi connectivity index (χ3v) is 3.91. The zero-order valence-corrected chi connectivity index (χ0v) is 14.3. The molecule has 124 valence electrons. The molecule has 1 N–H and O–H groups in total. The van der Waals surface area contributed by atoms with Crippen LogP contribution in [0.2, 0.25) is 0 Å². The van der Waals surface area contributed by atoms with Crippen molar-refractivity contribution in [3.63, 3.8) is 0 Å². The van der Waals surface area contributed by atoms with Crippen molar-refractivity contribution in [2.75, 3.05) is 0 Å². The Hall–Kier alpha value is -2.76.